The number of fused-ring (bicyclic) bond motifs is 1. The maximum absolute atomic E-state index is 3.61. The van der Waals surface area contributed by atoms with E-state index in [2.05, 4.69) is 70.7 Å². The Balaban J connectivity index is 2.61. The molecular weight excluding hydrogens is 264 g/mol. The normalized spacial score (nSPS) is 11.6. The average Bonchev–Trinajstić information content (AvgIpc) is 2.56. The van der Waals surface area contributed by atoms with Gasteiger partial charge in [0.05, 0.1) is 0 Å². The molecule has 0 aliphatic rings. The number of benzene rings is 1. The molecule has 0 fully saturated rings. The van der Waals surface area contributed by atoms with Gasteiger partial charge in [0.15, 0.2) is 0 Å². The van der Waals surface area contributed by atoms with Gasteiger partial charge < -0.3 is 9.47 Å². The molecule has 86 valence electrons. The van der Waals surface area contributed by atoms with Gasteiger partial charge in [0.25, 0.3) is 0 Å². The number of hydrogen-bond donors (Lipinski definition) is 0. The summed E-state index contributed by atoms with van der Waals surface area (Å²) in [6.07, 6.45) is 0. The largest absolute Gasteiger partial charge is 0.344 e. The lowest BCUT2D eigenvalue weighted by atomic mass is 10.2. The van der Waals surface area contributed by atoms with Crippen molar-refractivity contribution < 1.29 is 0 Å². The summed E-state index contributed by atoms with van der Waals surface area (Å²) in [7, 11) is 4.21. The van der Waals surface area contributed by atoms with Crippen LogP contribution in [0.15, 0.2) is 28.7 Å². The van der Waals surface area contributed by atoms with Gasteiger partial charge in [-0.3, -0.25) is 0 Å². The van der Waals surface area contributed by atoms with E-state index in [0.29, 0.717) is 0 Å². The van der Waals surface area contributed by atoms with Crippen LogP contribution in [0.1, 0.15) is 12.6 Å². The van der Waals surface area contributed by atoms with E-state index in [9.17, 15) is 0 Å². The van der Waals surface area contributed by atoms with Gasteiger partial charge in [-0.2, -0.15) is 0 Å². The van der Waals surface area contributed by atoms with Crippen LogP contribution < -0.4 is 0 Å². The first kappa shape index (κ1) is 11.7. The van der Waals surface area contributed by atoms with Gasteiger partial charge in [0.2, 0.25) is 0 Å². The Morgan fingerprint density at radius 3 is 2.69 bits per heavy atom. The third-order valence-electron chi connectivity index (χ3n) is 2.77. The molecule has 1 aromatic carbocycles. The van der Waals surface area contributed by atoms with Crippen LogP contribution in [0.2, 0.25) is 0 Å². The summed E-state index contributed by atoms with van der Waals surface area (Å²) in [5.41, 5.74) is 2.68. The fourth-order valence-electron chi connectivity index (χ4n) is 2.13. The van der Waals surface area contributed by atoms with Crippen LogP contribution in [-0.4, -0.2) is 23.6 Å². The van der Waals surface area contributed by atoms with Gasteiger partial charge in [-0.25, -0.2) is 0 Å². The van der Waals surface area contributed by atoms with Crippen molar-refractivity contribution in [3.8, 4) is 0 Å². The van der Waals surface area contributed by atoms with Crippen LogP contribution in [0.5, 0.6) is 0 Å². The van der Waals surface area contributed by atoms with Gasteiger partial charge in [0, 0.05) is 34.2 Å². The molecule has 0 aliphatic carbocycles. The summed E-state index contributed by atoms with van der Waals surface area (Å²) >= 11 is 3.61. The van der Waals surface area contributed by atoms with Crippen LogP contribution in [0.4, 0.5) is 0 Å². The molecule has 2 aromatic rings. The Morgan fingerprint density at radius 1 is 1.31 bits per heavy atom. The predicted molar refractivity (Wildman–Crippen MR) is 72.7 cm³/mol. The molecular formula is C13H17BrN2. The highest BCUT2D eigenvalue weighted by molar-refractivity contribution is 9.10. The topological polar surface area (TPSA) is 8.17 Å². The fourth-order valence-corrected chi connectivity index (χ4v) is 2.60. The first-order valence-corrected chi connectivity index (χ1v) is 6.34. The molecule has 2 nitrogen and oxygen atoms in total. The van der Waals surface area contributed by atoms with Gasteiger partial charge >= 0.3 is 0 Å². The number of nitrogens with zero attached hydrogens (tertiary/aromatic N) is 2. The van der Waals surface area contributed by atoms with E-state index in [0.717, 1.165) is 13.1 Å². The lowest BCUT2D eigenvalue weighted by Crippen LogP contribution is -2.14. The monoisotopic (exact) mass is 280 g/mol. The van der Waals surface area contributed by atoms with E-state index >= 15 is 0 Å². The molecule has 0 unspecified atom stereocenters. The maximum Gasteiger partial charge on any atom is 0.0494 e. The van der Waals surface area contributed by atoms with Crippen LogP contribution in [0, 0.1) is 0 Å². The molecule has 0 spiro atoms. The number of halogens is 1. The van der Waals surface area contributed by atoms with E-state index in [1.165, 1.54) is 21.1 Å². The zero-order valence-corrected chi connectivity index (χ0v) is 11.6. The van der Waals surface area contributed by atoms with Gasteiger partial charge in [-0.15, -0.1) is 0 Å². The lowest BCUT2D eigenvalue weighted by molar-refractivity contribution is 0.389. The molecule has 3 heteroatoms. The van der Waals surface area contributed by atoms with Crippen molar-refractivity contribution in [3.05, 3.63) is 34.4 Å². The maximum atomic E-state index is 3.61. The van der Waals surface area contributed by atoms with Crippen LogP contribution in [-0.2, 0) is 13.1 Å². The summed E-state index contributed by atoms with van der Waals surface area (Å²) in [4.78, 5) is 2.20. The Labute approximate surface area is 105 Å². The zero-order chi connectivity index (χ0) is 11.7. The van der Waals surface area contributed by atoms with Crippen molar-refractivity contribution in [2.75, 3.05) is 14.1 Å². The van der Waals surface area contributed by atoms with Crippen molar-refractivity contribution in [3.63, 3.8) is 0 Å². The minimum absolute atomic E-state index is 0.981. The second kappa shape index (κ2) is 4.60. The quantitative estimate of drug-likeness (QED) is 0.836. The molecule has 0 N–H and O–H groups in total. The Morgan fingerprint density at radius 2 is 2.06 bits per heavy atom. The van der Waals surface area contributed by atoms with Gasteiger partial charge in [-0.05, 0) is 39.2 Å². The molecule has 1 aromatic heterocycles. The van der Waals surface area contributed by atoms with Crippen LogP contribution in [0.25, 0.3) is 10.9 Å². The van der Waals surface area contributed by atoms with E-state index in [1.807, 2.05) is 0 Å². The van der Waals surface area contributed by atoms with E-state index in [4.69, 9.17) is 0 Å². The predicted octanol–water partition coefficient (Wildman–Crippen LogP) is 3.49. The van der Waals surface area contributed by atoms with Crippen molar-refractivity contribution in [1.82, 2.24) is 9.47 Å². The molecule has 16 heavy (non-hydrogen) atoms. The second-order valence-electron chi connectivity index (χ2n) is 4.29. The van der Waals surface area contributed by atoms with Crippen molar-refractivity contribution in [1.29, 1.82) is 0 Å². The number of hydrogen-bond acceptors (Lipinski definition) is 1. The second-order valence-corrected chi connectivity index (χ2v) is 5.14. The molecule has 0 amide bonds. The molecule has 0 radical (unpaired) electrons. The number of rotatable bonds is 3. The SMILES string of the molecule is CCn1c(CN(C)C)cc2c(Br)cccc21. The summed E-state index contributed by atoms with van der Waals surface area (Å²) < 4.78 is 3.55. The first-order chi connectivity index (χ1) is 7.63. The minimum atomic E-state index is 0.981. The highest BCUT2D eigenvalue weighted by Crippen LogP contribution is 2.27. The third-order valence-corrected chi connectivity index (χ3v) is 3.46. The molecule has 0 saturated carbocycles. The molecule has 0 atom stereocenters. The fraction of sp³-hybridized carbons (Fsp3) is 0.385. The van der Waals surface area contributed by atoms with Crippen molar-refractivity contribution in [2.24, 2.45) is 0 Å². The van der Waals surface area contributed by atoms with E-state index in [1.54, 1.807) is 0 Å². The Hall–Kier alpha value is -0.800. The van der Waals surface area contributed by atoms with Crippen molar-refractivity contribution >= 4 is 26.8 Å². The van der Waals surface area contributed by atoms with Crippen LogP contribution in [0.3, 0.4) is 0 Å². The third kappa shape index (κ3) is 2.02. The minimum Gasteiger partial charge on any atom is -0.344 e. The van der Waals surface area contributed by atoms with E-state index in [-0.39, 0.29) is 0 Å². The molecule has 1 heterocycles. The Kier molecular flexibility index (Phi) is 3.36. The summed E-state index contributed by atoms with van der Waals surface area (Å²) in [5.74, 6) is 0. The van der Waals surface area contributed by atoms with Gasteiger partial charge in [-0.1, -0.05) is 22.0 Å². The number of aromatic nitrogens is 1. The molecule has 0 aliphatic heterocycles. The summed E-state index contributed by atoms with van der Waals surface area (Å²) in [5, 5.41) is 1.31. The molecule has 0 saturated heterocycles. The summed E-state index contributed by atoms with van der Waals surface area (Å²) in [6, 6.07) is 8.66. The smallest absolute Gasteiger partial charge is 0.0494 e. The van der Waals surface area contributed by atoms with E-state index < -0.39 is 0 Å². The standard InChI is InChI=1S/C13H17BrN2/c1-4-16-10(9-15(2)3)8-11-12(14)6-5-7-13(11)16/h5-8H,4,9H2,1-3H3. The summed E-state index contributed by atoms with van der Waals surface area (Å²) in [6.45, 7) is 4.19. The number of aryl methyl sites for hydroxylation is 1. The van der Waals surface area contributed by atoms with Crippen LogP contribution >= 0.6 is 15.9 Å². The van der Waals surface area contributed by atoms with Crippen molar-refractivity contribution in [2.45, 2.75) is 20.0 Å². The molecule has 0 bridgehead atoms. The molecule has 2 rings (SSSR count). The van der Waals surface area contributed by atoms with Gasteiger partial charge in [0.1, 0.15) is 0 Å². The highest BCUT2D eigenvalue weighted by Gasteiger charge is 2.09. The average molecular weight is 281 g/mol. The highest BCUT2D eigenvalue weighted by atomic mass is 79.9. The zero-order valence-electron chi connectivity index (χ0n) is 10.00. The Bertz CT molecular complexity index is 500. The first-order valence-electron chi connectivity index (χ1n) is 5.55. The lowest BCUT2D eigenvalue weighted by Gasteiger charge is -2.12.